The number of fused-ring (bicyclic) bond motifs is 1. The molecule has 1 saturated carbocycles. The summed E-state index contributed by atoms with van der Waals surface area (Å²) in [6.45, 7) is 16.3. The van der Waals surface area contributed by atoms with Crippen molar-refractivity contribution in [3.8, 4) is 0 Å². The number of aliphatic hydroxyl groups is 1. The van der Waals surface area contributed by atoms with Crippen LogP contribution in [0.1, 0.15) is 94.8 Å². The van der Waals surface area contributed by atoms with E-state index < -0.39 is 8.32 Å². The van der Waals surface area contributed by atoms with Crippen LogP contribution in [0.15, 0.2) is 0 Å². The van der Waals surface area contributed by atoms with E-state index in [9.17, 15) is 5.11 Å². The molecule has 1 heterocycles. The van der Waals surface area contributed by atoms with Crippen molar-refractivity contribution in [1.29, 1.82) is 0 Å². The molecular weight excluding hydrogens is 465 g/mol. The Labute approximate surface area is 180 Å². The number of pyridine rings is 1. The molecule has 1 fully saturated rings. The van der Waals surface area contributed by atoms with E-state index in [-0.39, 0.29) is 23.2 Å². The number of halogens is 1. The molecule has 5 heteroatoms. The van der Waals surface area contributed by atoms with Crippen molar-refractivity contribution >= 4 is 30.9 Å². The summed E-state index contributed by atoms with van der Waals surface area (Å²) in [5.41, 5.74) is 4.90. The molecule has 27 heavy (non-hydrogen) atoms. The monoisotopic (exact) mass is 501 g/mol. The second-order valence-electron chi connectivity index (χ2n) is 10.8. The lowest BCUT2D eigenvalue weighted by atomic mass is 9.73. The van der Waals surface area contributed by atoms with Crippen LogP contribution in [0.2, 0.25) is 18.1 Å². The molecule has 1 aromatic heterocycles. The third-order valence-corrected chi connectivity index (χ3v) is 12.7. The van der Waals surface area contributed by atoms with Gasteiger partial charge in [0.05, 0.1) is 18.4 Å². The minimum atomic E-state index is -1.90. The van der Waals surface area contributed by atoms with E-state index >= 15 is 0 Å². The fourth-order valence-corrected chi connectivity index (χ4v) is 6.44. The van der Waals surface area contributed by atoms with Crippen molar-refractivity contribution < 1.29 is 9.53 Å². The van der Waals surface area contributed by atoms with Crippen LogP contribution in [0.4, 0.5) is 0 Å². The normalized spacial score (nSPS) is 23.1. The number of hydrogen-bond donors (Lipinski definition) is 1. The second kappa shape index (κ2) is 7.37. The topological polar surface area (TPSA) is 42.4 Å². The Hall–Kier alpha value is 0.0169. The van der Waals surface area contributed by atoms with Gasteiger partial charge in [-0.25, -0.2) is 0 Å². The Bertz CT molecular complexity index is 720. The van der Waals surface area contributed by atoms with Crippen molar-refractivity contribution in [3.05, 3.63) is 26.1 Å². The van der Waals surface area contributed by atoms with Crippen LogP contribution >= 0.6 is 22.6 Å². The van der Waals surface area contributed by atoms with E-state index in [1.807, 2.05) is 0 Å². The van der Waals surface area contributed by atoms with Crippen molar-refractivity contribution in [1.82, 2.24) is 4.98 Å². The van der Waals surface area contributed by atoms with Gasteiger partial charge < -0.3 is 9.53 Å². The van der Waals surface area contributed by atoms with Gasteiger partial charge in [-0.3, -0.25) is 4.98 Å². The minimum Gasteiger partial charge on any atom is -0.410 e. The molecule has 1 aromatic rings. The van der Waals surface area contributed by atoms with E-state index in [0.29, 0.717) is 5.92 Å². The highest BCUT2D eigenvalue weighted by atomic mass is 127. The summed E-state index contributed by atoms with van der Waals surface area (Å²) >= 11 is 2.46. The van der Waals surface area contributed by atoms with Crippen LogP contribution in [0.25, 0.3) is 0 Å². The van der Waals surface area contributed by atoms with Crippen molar-refractivity contribution in [2.45, 2.75) is 103 Å². The first-order valence-corrected chi connectivity index (χ1v) is 14.3. The number of rotatable bonds is 4. The zero-order valence-corrected chi connectivity index (χ0v) is 21.2. The summed E-state index contributed by atoms with van der Waals surface area (Å²) in [4.78, 5) is 5.18. The maximum Gasteiger partial charge on any atom is 0.192 e. The Kier molecular flexibility index (Phi) is 5.93. The molecule has 3 nitrogen and oxygen atoms in total. The van der Waals surface area contributed by atoms with Gasteiger partial charge in [0.15, 0.2) is 8.32 Å². The van der Waals surface area contributed by atoms with Gasteiger partial charge in [-0.05, 0) is 71.8 Å². The molecule has 1 atom stereocenters. The summed E-state index contributed by atoms with van der Waals surface area (Å²) in [6.07, 6.45) is 5.82. The van der Waals surface area contributed by atoms with Gasteiger partial charge >= 0.3 is 0 Å². The number of nitrogens with zero attached hydrogens (tertiary/aromatic N) is 1. The molecule has 3 rings (SSSR count). The first kappa shape index (κ1) is 21.7. The van der Waals surface area contributed by atoms with Crippen molar-refractivity contribution in [2.24, 2.45) is 5.41 Å². The highest BCUT2D eigenvalue weighted by Gasteiger charge is 2.44. The molecule has 0 saturated heterocycles. The number of aromatic nitrogens is 1. The zero-order valence-electron chi connectivity index (χ0n) is 18.1. The molecule has 0 unspecified atom stereocenters. The third-order valence-electron chi connectivity index (χ3n) is 6.98. The molecular formula is C22H36INO2Si. The summed E-state index contributed by atoms with van der Waals surface area (Å²) < 4.78 is 8.15. The predicted octanol–water partition coefficient (Wildman–Crippen LogP) is 6.48. The SMILES string of the molecule is CC1(C)Cc2nc(C3CCC3)c(CO)c(I)c2[C@@H](O[Si](C)(C)C(C)(C)C)C1. The maximum atomic E-state index is 10.1. The molecule has 0 radical (unpaired) electrons. The molecule has 152 valence electrons. The number of hydrogen-bond acceptors (Lipinski definition) is 3. The molecule has 0 spiro atoms. The highest BCUT2D eigenvalue weighted by molar-refractivity contribution is 14.1. The standard InChI is InChI=1S/C22H36INO2Si/c1-21(2,3)27(6,7)26-17-12-22(4,5)11-16-18(17)19(23)15(13-25)20(24-16)14-9-8-10-14/h14,17,25H,8-13H2,1-7H3/t17-/m0/s1. The summed E-state index contributed by atoms with van der Waals surface area (Å²) in [5, 5.41) is 10.3. The lowest BCUT2D eigenvalue weighted by molar-refractivity contribution is 0.104. The zero-order chi connectivity index (χ0) is 20.2. The lowest BCUT2D eigenvalue weighted by Gasteiger charge is -2.45. The van der Waals surface area contributed by atoms with Crippen LogP contribution in [0, 0.1) is 8.99 Å². The second-order valence-corrected chi connectivity index (χ2v) is 16.7. The fraction of sp³-hybridized carbons (Fsp3) is 0.773. The Balaban J connectivity index is 2.09. The molecule has 2 aliphatic carbocycles. The van der Waals surface area contributed by atoms with E-state index in [1.165, 1.54) is 34.1 Å². The molecule has 2 aliphatic rings. The van der Waals surface area contributed by atoms with E-state index in [4.69, 9.17) is 9.41 Å². The van der Waals surface area contributed by atoms with E-state index in [0.717, 1.165) is 24.1 Å². The van der Waals surface area contributed by atoms with Gasteiger partial charge in [0.1, 0.15) is 0 Å². The maximum absolute atomic E-state index is 10.1. The predicted molar refractivity (Wildman–Crippen MR) is 123 cm³/mol. The molecule has 1 N–H and O–H groups in total. The molecule has 0 aromatic carbocycles. The molecule has 0 amide bonds. The average molecular weight is 502 g/mol. The summed E-state index contributed by atoms with van der Waals surface area (Å²) in [6, 6.07) is 0. The highest BCUT2D eigenvalue weighted by Crippen LogP contribution is 2.50. The van der Waals surface area contributed by atoms with Crippen LogP contribution < -0.4 is 0 Å². The quantitative estimate of drug-likeness (QED) is 0.379. The van der Waals surface area contributed by atoms with Gasteiger partial charge in [-0.2, -0.15) is 0 Å². The van der Waals surface area contributed by atoms with Gasteiger partial charge in [0.2, 0.25) is 0 Å². The van der Waals surface area contributed by atoms with Gasteiger partial charge in [-0.1, -0.05) is 41.0 Å². The van der Waals surface area contributed by atoms with Crippen LogP contribution in [-0.2, 0) is 17.5 Å². The van der Waals surface area contributed by atoms with Gasteiger partial charge in [-0.15, -0.1) is 0 Å². The Morgan fingerprint density at radius 2 is 1.89 bits per heavy atom. The van der Waals surface area contributed by atoms with Crippen LogP contribution in [0.5, 0.6) is 0 Å². The van der Waals surface area contributed by atoms with Crippen LogP contribution in [-0.4, -0.2) is 18.4 Å². The fourth-order valence-electron chi connectivity index (χ4n) is 4.07. The molecule has 0 aliphatic heterocycles. The summed E-state index contributed by atoms with van der Waals surface area (Å²) in [5.74, 6) is 0.538. The number of aliphatic hydroxyl groups excluding tert-OH is 1. The van der Waals surface area contributed by atoms with Gasteiger partial charge in [0, 0.05) is 26.3 Å². The summed E-state index contributed by atoms with van der Waals surface area (Å²) in [7, 11) is -1.90. The lowest BCUT2D eigenvalue weighted by Crippen LogP contribution is -2.44. The minimum absolute atomic E-state index is 0.0839. The Morgan fingerprint density at radius 1 is 1.26 bits per heavy atom. The molecule has 0 bridgehead atoms. The average Bonchev–Trinajstić information content (AvgIpc) is 2.42. The van der Waals surface area contributed by atoms with E-state index in [2.05, 4.69) is 70.3 Å². The Morgan fingerprint density at radius 3 is 2.37 bits per heavy atom. The van der Waals surface area contributed by atoms with E-state index in [1.54, 1.807) is 0 Å². The first-order chi connectivity index (χ1) is 12.4. The van der Waals surface area contributed by atoms with Crippen molar-refractivity contribution in [3.63, 3.8) is 0 Å². The third kappa shape index (κ3) is 4.17. The van der Waals surface area contributed by atoms with Gasteiger partial charge in [0.25, 0.3) is 0 Å². The van der Waals surface area contributed by atoms with Crippen LogP contribution in [0.3, 0.4) is 0 Å². The smallest absolute Gasteiger partial charge is 0.192 e. The van der Waals surface area contributed by atoms with Crippen molar-refractivity contribution in [2.75, 3.05) is 0 Å². The largest absolute Gasteiger partial charge is 0.410 e. The first-order valence-electron chi connectivity index (χ1n) is 10.4.